The van der Waals surface area contributed by atoms with Crippen molar-refractivity contribution in [1.82, 2.24) is 9.97 Å². The molecule has 60 heavy (non-hydrogen) atoms. The average molecular weight is 765 g/mol. The molecule has 0 amide bonds. The zero-order chi connectivity index (χ0) is 39.6. The molecule has 0 unspecified atom stereocenters. The lowest BCUT2D eigenvalue weighted by atomic mass is 9.67. The standard InChI is InChI=1S/C57H36N2O/c1-4-17-37(18-5-1)52-36-53(48-28-16-27-46-45-26-13-15-30-54(45)60-55(46)48)59-56(58-52)47-33-32-41(42-23-10-11-24-43(42)47)38-31-34-51-49(35-38)44-25-12-14-29-50(44)57(51,39-19-6-2-7-20-39)40-21-8-3-9-22-40/h1-36H. The number of fused-ring (bicyclic) bond motifs is 7. The summed E-state index contributed by atoms with van der Waals surface area (Å²) in [5.41, 5.74) is 15.8. The molecule has 0 spiro atoms. The SMILES string of the molecule is c1ccc(-c2cc(-c3cccc4c3oc3ccccc34)nc(-c3ccc(-c4ccc5c(c4)-c4ccccc4C5(c4ccccc4)c4ccccc4)c4ccccc34)n2)cc1. The van der Waals surface area contributed by atoms with Crippen molar-refractivity contribution in [2.24, 2.45) is 0 Å². The molecule has 280 valence electrons. The smallest absolute Gasteiger partial charge is 0.161 e. The molecule has 0 aliphatic heterocycles. The third kappa shape index (κ3) is 5.16. The van der Waals surface area contributed by atoms with E-state index in [2.05, 4.69) is 200 Å². The van der Waals surface area contributed by atoms with Crippen LogP contribution >= 0.6 is 0 Å². The number of hydrogen-bond donors (Lipinski definition) is 0. The van der Waals surface area contributed by atoms with Crippen LogP contribution in [0.25, 0.3) is 88.9 Å². The van der Waals surface area contributed by atoms with Crippen molar-refractivity contribution in [2.75, 3.05) is 0 Å². The van der Waals surface area contributed by atoms with E-state index in [1.165, 1.54) is 38.9 Å². The van der Waals surface area contributed by atoms with Gasteiger partial charge in [0.1, 0.15) is 11.2 Å². The zero-order valence-electron chi connectivity index (χ0n) is 32.6. The zero-order valence-corrected chi connectivity index (χ0v) is 32.6. The largest absolute Gasteiger partial charge is 0.455 e. The van der Waals surface area contributed by atoms with Gasteiger partial charge in [-0.3, -0.25) is 0 Å². The van der Waals surface area contributed by atoms with Gasteiger partial charge in [-0.15, -0.1) is 0 Å². The van der Waals surface area contributed by atoms with Gasteiger partial charge < -0.3 is 4.42 Å². The van der Waals surface area contributed by atoms with Gasteiger partial charge in [0.05, 0.1) is 16.8 Å². The second-order valence-electron chi connectivity index (χ2n) is 15.6. The summed E-state index contributed by atoms with van der Waals surface area (Å²) in [5.74, 6) is 0.667. The molecule has 0 N–H and O–H groups in total. The first-order chi connectivity index (χ1) is 29.8. The number of nitrogens with zero attached hydrogens (tertiary/aromatic N) is 2. The van der Waals surface area contributed by atoms with E-state index in [9.17, 15) is 0 Å². The molecule has 12 rings (SSSR count). The third-order valence-corrected chi connectivity index (χ3v) is 12.4. The number of benzene rings is 9. The molecule has 3 heteroatoms. The molecule has 1 aliphatic rings. The molecule has 11 aromatic rings. The highest BCUT2D eigenvalue weighted by molar-refractivity contribution is 6.10. The summed E-state index contributed by atoms with van der Waals surface area (Å²) in [6.45, 7) is 0. The number of para-hydroxylation sites is 2. The average Bonchev–Trinajstić information content (AvgIpc) is 3.86. The molecule has 0 saturated heterocycles. The van der Waals surface area contributed by atoms with Crippen molar-refractivity contribution in [3.05, 3.63) is 241 Å². The van der Waals surface area contributed by atoms with Crippen molar-refractivity contribution in [3.63, 3.8) is 0 Å². The Morgan fingerprint density at radius 3 is 1.67 bits per heavy atom. The normalized spacial score (nSPS) is 12.8. The Labute approximate surface area is 347 Å². The molecule has 0 radical (unpaired) electrons. The topological polar surface area (TPSA) is 38.9 Å². The molecule has 2 heterocycles. The van der Waals surface area contributed by atoms with Gasteiger partial charge in [-0.1, -0.05) is 188 Å². The second kappa shape index (κ2) is 13.6. The van der Waals surface area contributed by atoms with Gasteiger partial charge >= 0.3 is 0 Å². The lowest BCUT2D eigenvalue weighted by molar-refractivity contribution is 0.670. The van der Waals surface area contributed by atoms with Gasteiger partial charge in [0, 0.05) is 27.5 Å². The quantitative estimate of drug-likeness (QED) is 0.169. The summed E-state index contributed by atoms with van der Waals surface area (Å²) in [6, 6.07) is 78.0. The fraction of sp³-hybridized carbons (Fsp3) is 0.0175. The van der Waals surface area contributed by atoms with Crippen molar-refractivity contribution in [2.45, 2.75) is 5.41 Å². The van der Waals surface area contributed by atoms with E-state index in [1.54, 1.807) is 0 Å². The monoisotopic (exact) mass is 764 g/mol. The summed E-state index contributed by atoms with van der Waals surface area (Å²) in [6.07, 6.45) is 0. The summed E-state index contributed by atoms with van der Waals surface area (Å²) >= 11 is 0. The molecule has 0 bridgehead atoms. The first-order valence-electron chi connectivity index (χ1n) is 20.5. The van der Waals surface area contributed by atoms with E-state index in [-0.39, 0.29) is 0 Å². The van der Waals surface area contributed by atoms with Crippen molar-refractivity contribution in [3.8, 4) is 56.2 Å². The van der Waals surface area contributed by atoms with Gasteiger partial charge in [-0.05, 0) is 85.6 Å². The van der Waals surface area contributed by atoms with Crippen molar-refractivity contribution < 1.29 is 4.42 Å². The van der Waals surface area contributed by atoms with Crippen LogP contribution in [-0.2, 0) is 5.41 Å². The van der Waals surface area contributed by atoms with E-state index >= 15 is 0 Å². The van der Waals surface area contributed by atoms with Gasteiger partial charge in [-0.2, -0.15) is 0 Å². The Balaban J connectivity index is 1.05. The molecule has 2 aromatic heterocycles. The highest BCUT2D eigenvalue weighted by Crippen LogP contribution is 2.57. The van der Waals surface area contributed by atoms with E-state index < -0.39 is 5.41 Å². The fourth-order valence-electron chi connectivity index (χ4n) is 9.77. The van der Waals surface area contributed by atoms with Crippen LogP contribution in [0.15, 0.2) is 223 Å². The maximum Gasteiger partial charge on any atom is 0.161 e. The van der Waals surface area contributed by atoms with Crippen molar-refractivity contribution >= 4 is 32.7 Å². The van der Waals surface area contributed by atoms with Gasteiger partial charge in [0.25, 0.3) is 0 Å². The molecule has 0 fully saturated rings. The minimum atomic E-state index is -0.440. The Morgan fingerprint density at radius 2 is 0.900 bits per heavy atom. The number of hydrogen-bond acceptors (Lipinski definition) is 3. The molecule has 0 atom stereocenters. The summed E-state index contributed by atoms with van der Waals surface area (Å²) in [4.78, 5) is 10.6. The molecular formula is C57H36N2O. The summed E-state index contributed by atoms with van der Waals surface area (Å²) in [5, 5.41) is 4.40. The van der Waals surface area contributed by atoms with Gasteiger partial charge in [-0.25, -0.2) is 9.97 Å². The van der Waals surface area contributed by atoms with Crippen LogP contribution in [0.1, 0.15) is 22.3 Å². The Bertz CT molecular complexity index is 3380. The van der Waals surface area contributed by atoms with E-state index in [4.69, 9.17) is 14.4 Å². The van der Waals surface area contributed by atoms with E-state index in [1.807, 2.05) is 18.2 Å². The lowest BCUT2D eigenvalue weighted by Gasteiger charge is -2.33. The summed E-state index contributed by atoms with van der Waals surface area (Å²) < 4.78 is 6.52. The molecule has 1 aliphatic carbocycles. The molecular weight excluding hydrogens is 729 g/mol. The van der Waals surface area contributed by atoms with Crippen LogP contribution in [0.3, 0.4) is 0 Å². The van der Waals surface area contributed by atoms with E-state index in [0.29, 0.717) is 5.82 Å². The fourth-order valence-corrected chi connectivity index (χ4v) is 9.77. The second-order valence-corrected chi connectivity index (χ2v) is 15.6. The Kier molecular flexibility index (Phi) is 7.76. The van der Waals surface area contributed by atoms with Crippen LogP contribution in [0.5, 0.6) is 0 Å². The lowest BCUT2D eigenvalue weighted by Crippen LogP contribution is -2.28. The third-order valence-electron chi connectivity index (χ3n) is 12.4. The number of furan rings is 1. The van der Waals surface area contributed by atoms with Crippen LogP contribution in [0.4, 0.5) is 0 Å². The highest BCUT2D eigenvalue weighted by Gasteiger charge is 2.46. The highest BCUT2D eigenvalue weighted by atomic mass is 16.3. The minimum Gasteiger partial charge on any atom is -0.455 e. The van der Waals surface area contributed by atoms with Crippen LogP contribution < -0.4 is 0 Å². The van der Waals surface area contributed by atoms with Gasteiger partial charge in [0.15, 0.2) is 5.82 Å². The van der Waals surface area contributed by atoms with Crippen LogP contribution in [0.2, 0.25) is 0 Å². The number of rotatable bonds is 6. The maximum absolute atomic E-state index is 6.52. The maximum atomic E-state index is 6.52. The number of aromatic nitrogens is 2. The van der Waals surface area contributed by atoms with Crippen LogP contribution in [0, 0.1) is 0 Å². The molecule has 3 nitrogen and oxygen atoms in total. The minimum absolute atomic E-state index is 0.440. The van der Waals surface area contributed by atoms with Crippen LogP contribution in [-0.4, -0.2) is 9.97 Å². The Morgan fingerprint density at radius 1 is 0.333 bits per heavy atom. The molecule has 0 saturated carbocycles. The first kappa shape index (κ1) is 34.2. The van der Waals surface area contributed by atoms with Gasteiger partial charge in [0.2, 0.25) is 0 Å². The molecule has 9 aromatic carbocycles. The summed E-state index contributed by atoms with van der Waals surface area (Å²) in [7, 11) is 0. The predicted molar refractivity (Wildman–Crippen MR) is 246 cm³/mol. The first-order valence-corrected chi connectivity index (χ1v) is 20.5. The predicted octanol–water partition coefficient (Wildman–Crippen LogP) is 14.6. The van der Waals surface area contributed by atoms with Crippen molar-refractivity contribution in [1.29, 1.82) is 0 Å². The Hall–Kier alpha value is -7.88. The van der Waals surface area contributed by atoms with E-state index in [0.717, 1.165) is 66.4 Å².